The van der Waals surface area contributed by atoms with E-state index in [-0.39, 0.29) is 11.9 Å². The van der Waals surface area contributed by atoms with Gasteiger partial charge in [-0.25, -0.2) is 0 Å². The Balaban J connectivity index is 1.64. The number of aromatic hydroxyl groups is 1. The van der Waals surface area contributed by atoms with Crippen LogP contribution in [0.5, 0.6) is 5.75 Å². The average molecular weight is 701 g/mol. The van der Waals surface area contributed by atoms with Crippen LogP contribution in [0.25, 0.3) is 0 Å². The van der Waals surface area contributed by atoms with Crippen LogP contribution in [0.1, 0.15) is 40.4 Å². The van der Waals surface area contributed by atoms with Crippen molar-refractivity contribution in [2.24, 2.45) is 0 Å². The standard InChI is InChI=1S/C34H43Cl5N4O/c1-25-20-30(40(16-10-35)17-11-36)7-4-27(25)23-42-14-3-15-43(34(42)32-22-29(39)6-9-33(32)44)24-28-5-8-31(21-26(28)2)41(18-12-37)19-13-38/h4-9,20-22,34,44H,3,10-19,23-24H2,1-2H3. The molecule has 0 saturated carbocycles. The molecule has 10 heteroatoms. The molecule has 0 bridgehead atoms. The Hall–Kier alpha value is -1.57. The van der Waals surface area contributed by atoms with Crippen LogP contribution in [0.2, 0.25) is 5.02 Å². The molecular weight excluding hydrogens is 658 g/mol. The molecule has 4 rings (SSSR count). The maximum absolute atomic E-state index is 11.1. The van der Waals surface area contributed by atoms with Crippen molar-refractivity contribution in [3.05, 3.63) is 87.4 Å². The molecule has 1 saturated heterocycles. The monoisotopic (exact) mass is 698 g/mol. The van der Waals surface area contributed by atoms with E-state index in [1.807, 2.05) is 6.07 Å². The van der Waals surface area contributed by atoms with Crippen LogP contribution < -0.4 is 9.80 Å². The Morgan fingerprint density at radius 1 is 0.682 bits per heavy atom. The molecule has 0 spiro atoms. The van der Waals surface area contributed by atoms with Gasteiger partial charge < -0.3 is 14.9 Å². The van der Waals surface area contributed by atoms with Crippen LogP contribution >= 0.6 is 58.0 Å². The molecule has 0 aliphatic carbocycles. The van der Waals surface area contributed by atoms with Gasteiger partial charge in [-0.2, -0.15) is 0 Å². The number of benzene rings is 3. The lowest BCUT2D eigenvalue weighted by atomic mass is 10.0. The zero-order chi connectivity index (χ0) is 31.6. The first-order chi connectivity index (χ1) is 21.3. The van der Waals surface area contributed by atoms with Gasteiger partial charge in [0.1, 0.15) is 5.75 Å². The summed E-state index contributed by atoms with van der Waals surface area (Å²) in [4.78, 5) is 9.37. The predicted molar refractivity (Wildman–Crippen MR) is 191 cm³/mol. The van der Waals surface area contributed by atoms with Gasteiger partial charge in [0.15, 0.2) is 0 Å². The highest BCUT2D eigenvalue weighted by molar-refractivity contribution is 6.30. The highest BCUT2D eigenvalue weighted by Crippen LogP contribution is 2.38. The molecule has 1 aliphatic rings. The highest BCUT2D eigenvalue weighted by Gasteiger charge is 2.33. The van der Waals surface area contributed by atoms with Crippen molar-refractivity contribution >= 4 is 69.4 Å². The first kappa shape index (κ1) is 35.3. The molecule has 1 N–H and O–H groups in total. The van der Waals surface area contributed by atoms with Gasteiger partial charge in [-0.15, -0.1) is 46.4 Å². The molecule has 0 unspecified atom stereocenters. The molecule has 0 atom stereocenters. The van der Waals surface area contributed by atoms with Gasteiger partial charge in [-0.05, 0) is 85.0 Å². The molecule has 0 radical (unpaired) electrons. The van der Waals surface area contributed by atoms with Crippen LogP contribution in [0.3, 0.4) is 0 Å². The van der Waals surface area contributed by atoms with Gasteiger partial charge in [0, 0.05) is 97.8 Å². The molecule has 1 heterocycles. The summed E-state index contributed by atoms with van der Waals surface area (Å²) in [6.45, 7) is 10.6. The van der Waals surface area contributed by atoms with E-state index < -0.39 is 0 Å². The lowest BCUT2D eigenvalue weighted by Gasteiger charge is -2.45. The summed E-state index contributed by atoms with van der Waals surface area (Å²) in [5, 5.41) is 11.7. The Morgan fingerprint density at radius 2 is 1.14 bits per heavy atom. The van der Waals surface area contributed by atoms with Crippen molar-refractivity contribution < 1.29 is 5.11 Å². The van der Waals surface area contributed by atoms with Gasteiger partial charge in [0.05, 0.1) is 6.17 Å². The fourth-order valence-corrected chi connectivity index (χ4v) is 7.10. The summed E-state index contributed by atoms with van der Waals surface area (Å²) in [6, 6.07) is 18.6. The minimum atomic E-state index is -0.145. The number of hydrogen-bond donors (Lipinski definition) is 1. The summed E-state index contributed by atoms with van der Waals surface area (Å²) in [5.41, 5.74) is 8.01. The maximum atomic E-state index is 11.1. The van der Waals surface area contributed by atoms with E-state index in [1.165, 1.54) is 22.3 Å². The minimum Gasteiger partial charge on any atom is -0.508 e. The summed E-state index contributed by atoms with van der Waals surface area (Å²) < 4.78 is 0. The minimum absolute atomic E-state index is 0.145. The van der Waals surface area contributed by atoms with Gasteiger partial charge in [-0.1, -0.05) is 23.7 Å². The number of hydrogen-bond acceptors (Lipinski definition) is 5. The van der Waals surface area contributed by atoms with E-state index in [0.29, 0.717) is 28.5 Å². The summed E-state index contributed by atoms with van der Waals surface area (Å²) in [5.74, 6) is 2.45. The molecule has 5 nitrogen and oxygen atoms in total. The predicted octanol–water partition coefficient (Wildman–Crippen LogP) is 8.64. The Bertz CT molecular complexity index is 1270. The molecule has 0 aromatic heterocycles. The summed E-state index contributed by atoms with van der Waals surface area (Å²) in [7, 11) is 0. The fourth-order valence-electron chi connectivity index (χ4n) is 6.10. The van der Waals surface area contributed by atoms with Gasteiger partial charge in [-0.3, -0.25) is 9.80 Å². The van der Waals surface area contributed by atoms with Crippen molar-refractivity contribution in [1.82, 2.24) is 9.80 Å². The first-order valence-corrected chi connectivity index (χ1v) is 17.7. The van der Waals surface area contributed by atoms with Crippen molar-refractivity contribution in [3.8, 4) is 5.75 Å². The third-order valence-electron chi connectivity index (χ3n) is 8.40. The second-order valence-electron chi connectivity index (χ2n) is 11.3. The van der Waals surface area contributed by atoms with Gasteiger partial charge in [0.2, 0.25) is 0 Å². The Kier molecular flexibility index (Phi) is 13.9. The lowest BCUT2D eigenvalue weighted by Crippen LogP contribution is -2.47. The number of nitrogens with zero attached hydrogens (tertiary/aromatic N) is 4. The van der Waals surface area contributed by atoms with Crippen LogP contribution in [-0.4, -0.2) is 77.7 Å². The van der Waals surface area contributed by atoms with Crippen LogP contribution in [-0.2, 0) is 13.1 Å². The average Bonchev–Trinajstić information content (AvgIpc) is 3.00. The summed E-state index contributed by atoms with van der Waals surface area (Å²) >= 11 is 30.8. The van der Waals surface area contributed by atoms with Crippen molar-refractivity contribution in [3.63, 3.8) is 0 Å². The number of halogens is 5. The third kappa shape index (κ3) is 9.03. The summed E-state index contributed by atoms with van der Waals surface area (Å²) in [6.07, 6.45) is 0.874. The number of anilines is 2. The van der Waals surface area contributed by atoms with E-state index in [9.17, 15) is 5.11 Å². The molecule has 1 aliphatic heterocycles. The highest BCUT2D eigenvalue weighted by atomic mass is 35.5. The van der Waals surface area contributed by atoms with E-state index in [0.717, 1.165) is 75.7 Å². The van der Waals surface area contributed by atoms with E-state index >= 15 is 0 Å². The van der Waals surface area contributed by atoms with Crippen LogP contribution in [0.4, 0.5) is 11.4 Å². The first-order valence-electron chi connectivity index (χ1n) is 15.2. The fraction of sp³-hybridized carbons (Fsp3) is 0.471. The van der Waals surface area contributed by atoms with E-state index in [1.54, 1.807) is 12.1 Å². The van der Waals surface area contributed by atoms with Crippen LogP contribution in [0, 0.1) is 13.8 Å². The van der Waals surface area contributed by atoms with Crippen molar-refractivity contribution in [2.75, 3.05) is 72.6 Å². The molecular formula is C34H43Cl5N4O. The smallest absolute Gasteiger partial charge is 0.121 e. The molecule has 240 valence electrons. The van der Waals surface area contributed by atoms with E-state index in [4.69, 9.17) is 58.0 Å². The normalized spacial score (nSPS) is 14.7. The molecule has 1 fully saturated rings. The Labute approximate surface area is 288 Å². The topological polar surface area (TPSA) is 33.2 Å². The molecule has 44 heavy (non-hydrogen) atoms. The molecule has 0 amide bonds. The number of alkyl halides is 4. The number of aryl methyl sites for hydroxylation is 2. The zero-order valence-corrected chi connectivity index (χ0v) is 29.4. The lowest BCUT2D eigenvalue weighted by molar-refractivity contribution is -0.0105. The number of phenolic OH excluding ortho intramolecular Hbond substituents is 1. The quantitative estimate of drug-likeness (QED) is 0.161. The maximum Gasteiger partial charge on any atom is 0.121 e. The number of rotatable bonds is 15. The molecule has 3 aromatic rings. The SMILES string of the molecule is Cc1cc(N(CCCl)CCCl)ccc1CN1CCCN(Cc2ccc(N(CCCl)CCCl)cc2C)C1c1cc(Cl)ccc1O. The van der Waals surface area contributed by atoms with Gasteiger partial charge in [0.25, 0.3) is 0 Å². The Morgan fingerprint density at radius 3 is 1.55 bits per heavy atom. The van der Waals surface area contributed by atoms with Gasteiger partial charge >= 0.3 is 0 Å². The second kappa shape index (κ2) is 17.4. The second-order valence-corrected chi connectivity index (χ2v) is 13.3. The van der Waals surface area contributed by atoms with Crippen molar-refractivity contribution in [1.29, 1.82) is 0 Å². The largest absolute Gasteiger partial charge is 0.508 e. The third-order valence-corrected chi connectivity index (χ3v) is 9.31. The van der Waals surface area contributed by atoms with Crippen LogP contribution in [0.15, 0.2) is 54.6 Å². The van der Waals surface area contributed by atoms with E-state index in [2.05, 4.69) is 69.8 Å². The number of phenols is 1. The molecule has 3 aromatic carbocycles. The zero-order valence-electron chi connectivity index (χ0n) is 25.6. The van der Waals surface area contributed by atoms with Crippen molar-refractivity contribution in [2.45, 2.75) is 39.5 Å².